The van der Waals surface area contributed by atoms with Crippen molar-refractivity contribution in [3.63, 3.8) is 0 Å². The number of rotatable bonds is 7. The van der Waals surface area contributed by atoms with Crippen LogP contribution in [0.15, 0.2) is 242 Å². The first kappa shape index (κ1) is 13.9. The van der Waals surface area contributed by atoms with Gasteiger partial charge in [-0.3, -0.25) is 0 Å². The second-order valence-corrected chi connectivity index (χ2v) is 13.1. The van der Waals surface area contributed by atoms with Crippen LogP contribution in [0.3, 0.4) is 0 Å². The second kappa shape index (κ2) is 14.8. The fourth-order valence-corrected chi connectivity index (χ4v) is 6.95. The van der Waals surface area contributed by atoms with E-state index in [0.29, 0.717) is 9.13 Å². The van der Waals surface area contributed by atoms with Crippen LogP contribution < -0.4 is 0 Å². The third kappa shape index (κ3) is 6.12. The van der Waals surface area contributed by atoms with E-state index in [9.17, 15) is 20.6 Å². The Kier molecular flexibility index (Phi) is 3.33. The highest BCUT2D eigenvalue weighted by Gasteiger charge is 2.18. The molecule has 0 atom stereocenters. The van der Waals surface area contributed by atoms with Gasteiger partial charge in [-0.15, -0.1) is 0 Å². The zero-order valence-electron chi connectivity index (χ0n) is 70.0. The fourth-order valence-electron chi connectivity index (χ4n) is 6.95. The van der Waals surface area contributed by atoms with Crippen LogP contribution in [0.4, 0.5) is 0 Å². The van der Waals surface area contributed by atoms with Crippen molar-refractivity contribution in [3.05, 3.63) is 242 Å². The minimum Gasteiger partial charge on any atom is -0.309 e. The Morgan fingerprint density at radius 2 is 0.565 bits per heavy atom. The lowest BCUT2D eigenvalue weighted by Crippen LogP contribution is -1.96. The van der Waals surface area contributed by atoms with Gasteiger partial charge in [0, 0.05) is 32.9 Å². The molecule has 2 nitrogen and oxygen atoms in total. The van der Waals surface area contributed by atoms with Crippen molar-refractivity contribution in [2.24, 2.45) is 0 Å². The SMILES string of the molecule is [2H]c1c([2H])c([2H])c(-c2cc(-n3c4c([2H])c([2H])c([2H])c([2H])c4c4c([2H])c(-c5c([2H])c([2H])c6c(c5[2H])c5c([2H])c([2H])c([2H])c([2H])c5n6-c5c([2H])c(-c6c([2H])c([2H])c([2H])c([2H])c6[2H])c([2H])c(-c6c([2H])c([2H])c([2H])c([2H])c6[2H])c5[2H])c([2H])c([2H])c43)c([2H])c(-c3c([2H])c([2H])c([2H])c([2H])c3[2H])c2[2H])c([2H])c1[2H]. The quantitative estimate of drug-likeness (QED) is 0.151. The topological polar surface area (TPSA) is 9.86 Å². The lowest BCUT2D eigenvalue weighted by atomic mass is 9.98. The molecule has 2 aromatic heterocycles. The van der Waals surface area contributed by atoms with Gasteiger partial charge in [-0.25, -0.2) is 0 Å². The molecule has 2 heteroatoms. The monoisotopic (exact) mass is 828 g/mol. The zero-order valence-corrected chi connectivity index (χ0v) is 31.0. The summed E-state index contributed by atoms with van der Waals surface area (Å²) in [5.74, 6) is 0. The Morgan fingerprint density at radius 3 is 1.02 bits per heavy atom. The maximum Gasteiger partial charge on any atom is 0.0651 e. The van der Waals surface area contributed by atoms with E-state index in [4.69, 9.17) is 32.9 Å². The third-order valence-corrected chi connectivity index (χ3v) is 9.58. The summed E-state index contributed by atoms with van der Waals surface area (Å²) >= 11 is 0. The van der Waals surface area contributed by atoms with Crippen LogP contribution in [-0.4, -0.2) is 9.13 Å². The number of fused-ring (bicyclic) bond motifs is 6. The van der Waals surface area contributed by atoms with E-state index in [1.54, 1.807) is 0 Å². The molecule has 0 unspecified atom stereocenters. The van der Waals surface area contributed by atoms with Crippen molar-refractivity contribution in [3.8, 4) is 67.0 Å². The summed E-state index contributed by atoms with van der Waals surface area (Å²) in [6.45, 7) is 0. The second-order valence-electron chi connectivity index (χ2n) is 13.1. The first-order valence-corrected chi connectivity index (χ1v) is 18.2. The standard InChI is InChI=1S/C60H40N2/c1-5-17-41(18-6-1)47-33-48(42-19-7-2-8-20-42)36-51(35-47)61-57-27-15-13-25-53(57)55-39-45(29-31-59(55)61)46-30-32-60-56(40-46)54-26-14-16-28-58(54)62(60)52-37-49(43-21-9-3-10-22-43)34-50(38-52)44-23-11-4-12-24-44/h1-40H/i1D,2D,3D,4D,5D,6D,7D,8D,9D,10D,11D,12D,13D,14D,15D,16D,17D,18D,19D,20D,21D,22D,23D,24D,25D,26D,27D,28D,29D,30D,31D,32D,33D,34D,35D,36D,37D,39D,40D. The van der Waals surface area contributed by atoms with Crippen LogP contribution in [0, 0.1) is 0 Å². The molecular formula is C60H40N2. The predicted octanol–water partition coefficient (Wildman–Crippen LogP) is 16.2. The van der Waals surface area contributed by atoms with Crippen LogP contribution in [-0.2, 0) is 0 Å². The van der Waals surface area contributed by atoms with E-state index in [-0.39, 0.29) is 0 Å². The number of hydrogen-bond acceptors (Lipinski definition) is 0. The van der Waals surface area contributed by atoms with Gasteiger partial charge < -0.3 is 9.13 Å². The Labute approximate surface area is 415 Å². The minimum absolute atomic E-state index is 0.566. The van der Waals surface area contributed by atoms with E-state index in [1.807, 2.05) is 0 Å². The van der Waals surface area contributed by atoms with Crippen LogP contribution in [0.2, 0.25) is 0 Å². The molecular weight excluding hydrogens is 749 g/mol. The molecule has 12 aromatic rings. The molecule has 0 bridgehead atoms. The Hall–Kier alpha value is -8.20. The molecule has 62 heavy (non-hydrogen) atoms. The minimum atomic E-state index is -1.24. The lowest BCUT2D eigenvalue weighted by molar-refractivity contribution is 1.18. The molecule has 0 aliphatic heterocycles. The highest BCUT2D eigenvalue weighted by molar-refractivity contribution is 6.13. The van der Waals surface area contributed by atoms with Crippen molar-refractivity contribution in [2.45, 2.75) is 0 Å². The largest absolute Gasteiger partial charge is 0.309 e. The molecule has 12 rings (SSSR count). The van der Waals surface area contributed by atoms with Gasteiger partial charge >= 0.3 is 0 Å². The molecule has 0 aliphatic rings. The predicted molar refractivity (Wildman–Crippen MR) is 262 cm³/mol. The molecule has 0 amide bonds. The van der Waals surface area contributed by atoms with Gasteiger partial charge in [0.1, 0.15) is 0 Å². The van der Waals surface area contributed by atoms with Crippen molar-refractivity contribution < 1.29 is 53.5 Å². The van der Waals surface area contributed by atoms with Gasteiger partial charge in [-0.2, -0.15) is 0 Å². The van der Waals surface area contributed by atoms with Crippen LogP contribution >= 0.6 is 0 Å². The molecule has 0 N–H and O–H groups in total. The van der Waals surface area contributed by atoms with Gasteiger partial charge in [-0.1, -0.05) is 169 Å². The van der Waals surface area contributed by atoms with E-state index in [1.165, 1.54) is 0 Å². The van der Waals surface area contributed by atoms with Gasteiger partial charge in [0.25, 0.3) is 0 Å². The maximum absolute atomic E-state index is 10.2. The zero-order chi connectivity index (χ0) is 74.9. The summed E-state index contributed by atoms with van der Waals surface area (Å²) in [6.07, 6.45) is 0. The smallest absolute Gasteiger partial charge is 0.0651 e. The normalized spacial score (nSPS) is 20.4. The number of hydrogen-bond donors (Lipinski definition) is 0. The van der Waals surface area contributed by atoms with Crippen molar-refractivity contribution in [2.75, 3.05) is 0 Å². The highest BCUT2D eigenvalue weighted by Crippen LogP contribution is 2.41. The molecule has 0 radical (unpaired) electrons. The fraction of sp³-hybridized carbons (Fsp3) is 0. The summed E-state index contributed by atoms with van der Waals surface area (Å²) in [6, 6.07) is -40.7. The van der Waals surface area contributed by atoms with Crippen molar-refractivity contribution >= 4 is 43.6 Å². The van der Waals surface area contributed by atoms with Crippen molar-refractivity contribution in [1.29, 1.82) is 0 Å². The first-order chi connectivity index (χ1) is 47.0. The van der Waals surface area contributed by atoms with E-state index >= 15 is 0 Å². The third-order valence-electron chi connectivity index (χ3n) is 9.58. The molecule has 0 aliphatic carbocycles. The molecule has 0 saturated heterocycles. The summed E-state index contributed by atoms with van der Waals surface area (Å²) in [5, 5.41) is -3.16. The molecule has 0 spiro atoms. The molecule has 10 aromatic carbocycles. The van der Waals surface area contributed by atoms with Gasteiger partial charge in [0.15, 0.2) is 0 Å². The maximum atomic E-state index is 10.2. The highest BCUT2D eigenvalue weighted by atomic mass is 15.0. The molecule has 0 saturated carbocycles. The average Bonchev–Trinajstić information content (AvgIpc) is 1.56. The number of aromatic nitrogens is 2. The Bertz CT molecular complexity index is 5730. The average molecular weight is 828 g/mol. The number of nitrogens with zero attached hydrogens (tertiary/aromatic N) is 2. The summed E-state index contributed by atoms with van der Waals surface area (Å²) in [7, 11) is 0. The first-order valence-electron chi connectivity index (χ1n) is 37.7. The van der Waals surface area contributed by atoms with Gasteiger partial charge in [0.2, 0.25) is 0 Å². The van der Waals surface area contributed by atoms with Gasteiger partial charge in [-0.05, 0) is 128 Å². The Morgan fingerprint density at radius 1 is 0.226 bits per heavy atom. The molecule has 0 fully saturated rings. The lowest BCUT2D eigenvalue weighted by Gasteiger charge is -2.14. The summed E-state index contributed by atoms with van der Waals surface area (Å²) in [4.78, 5) is 0. The van der Waals surface area contributed by atoms with Crippen LogP contribution in [0.5, 0.6) is 0 Å². The Balaban J connectivity index is 1.29. The van der Waals surface area contributed by atoms with Crippen LogP contribution in [0.1, 0.15) is 53.5 Å². The van der Waals surface area contributed by atoms with Gasteiger partial charge in [0.05, 0.1) is 75.5 Å². The van der Waals surface area contributed by atoms with Crippen molar-refractivity contribution in [1.82, 2.24) is 9.13 Å². The number of benzene rings is 10. The van der Waals surface area contributed by atoms with E-state index in [2.05, 4.69) is 0 Å². The molecule has 290 valence electrons. The molecule has 2 heterocycles. The summed E-state index contributed by atoms with van der Waals surface area (Å²) < 4.78 is 358. The number of para-hydroxylation sites is 2. The van der Waals surface area contributed by atoms with Crippen LogP contribution in [0.25, 0.3) is 111 Å². The summed E-state index contributed by atoms with van der Waals surface area (Å²) in [5.41, 5.74) is -14.5. The van der Waals surface area contributed by atoms with E-state index < -0.39 is 346 Å². The van der Waals surface area contributed by atoms with E-state index in [0.717, 1.165) is 6.07 Å².